The summed E-state index contributed by atoms with van der Waals surface area (Å²) in [5.74, 6) is -0.201. The molecule has 0 heterocycles. The number of hydrogen-bond acceptors (Lipinski definition) is 3. The Kier molecular flexibility index (Phi) is 4.53. The molecule has 10 heavy (non-hydrogen) atoms. The van der Waals surface area contributed by atoms with Crippen LogP contribution >= 0.6 is 0 Å². The molecule has 0 saturated heterocycles. The highest BCUT2D eigenvalue weighted by atomic mass is 16.2. The minimum Gasteiger partial charge on any atom is -0.329 e. The lowest BCUT2D eigenvalue weighted by molar-refractivity contribution is -0.118. The first-order chi connectivity index (χ1) is 4.68. The third-order valence-electron chi connectivity index (χ3n) is 0.859. The van der Waals surface area contributed by atoms with Crippen LogP contribution in [0.4, 0.5) is 0 Å². The number of hydrazine groups is 1. The maximum atomic E-state index is 10.7. The lowest BCUT2D eigenvalue weighted by atomic mass is 10.3. The normalized spacial score (nSPS) is 9.00. The van der Waals surface area contributed by atoms with Gasteiger partial charge in [-0.05, 0) is 6.92 Å². The first-order valence-electron chi connectivity index (χ1n) is 3.07. The highest BCUT2D eigenvalue weighted by molar-refractivity contribution is 5.91. The molecular formula is C6H13N3O. The Morgan fingerprint density at radius 1 is 1.70 bits per heavy atom. The lowest BCUT2D eigenvalue weighted by Gasteiger charge is -2.03. The van der Waals surface area contributed by atoms with Crippen LogP contribution < -0.4 is 16.6 Å². The van der Waals surface area contributed by atoms with E-state index in [4.69, 9.17) is 5.73 Å². The first kappa shape index (κ1) is 9.13. The Bertz CT molecular complexity index is 133. The van der Waals surface area contributed by atoms with Gasteiger partial charge in [0, 0.05) is 18.7 Å². The van der Waals surface area contributed by atoms with E-state index in [9.17, 15) is 4.79 Å². The van der Waals surface area contributed by atoms with Crippen molar-refractivity contribution < 1.29 is 4.79 Å². The predicted octanol–water partition coefficient (Wildman–Crippen LogP) is -0.858. The second kappa shape index (κ2) is 4.96. The number of nitrogens with two attached hydrogens (primary N) is 1. The molecule has 0 spiro atoms. The van der Waals surface area contributed by atoms with Crippen LogP contribution in [0.2, 0.25) is 0 Å². The maximum Gasteiger partial charge on any atom is 0.260 e. The monoisotopic (exact) mass is 143 g/mol. The maximum absolute atomic E-state index is 10.7. The van der Waals surface area contributed by atoms with E-state index in [1.165, 1.54) is 0 Å². The van der Waals surface area contributed by atoms with Crippen LogP contribution in [0.15, 0.2) is 12.2 Å². The average molecular weight is 143 g/mol. The Hall–Kier alpha value is -0.870. The molecule has 4 N–H and O–H groups in total. The third-order valence-corrected chi connectivity index (χ3v) is 0.859. The van der Waals surface area contributed by atoms with Crippen molar-refractivity contribution in [1.82, 2.24) is 10.9 Å². The molecular weight excluding hydrogens is 130 g/mol. The van der Waals surface area contributed by atoms with Gasteiger partial charge in [-0.2, -0.15) is 0 Å². The van der Waals surface area contributed by atoms with E-state index in [2.05, 4.69) is 17.4 Å². The molecule has 0 unspecified atom stereocenters. The van der Waals surface area contributed by atoms with Gasteiger partial charge >= 0.3 is 0 Å². The van der Waals surface area contributed by atoms with Crippen LogP contribution in [0.3, 0.4) is 0 Å². The van der Waals surface area contributed by atoms with E-state index in [-0.39, 0.29) is 5.91 Å². The molecule has 4 heteroatoms. The minimum atomic E-state index is -0.201. The predicted molar refractivity (Wildman–Crippen MR) is 40.0 cm³/mol. The third kappa shape index (κ3) is 4.05. The van der Waals surface area contributed by atoms with Crippen LogP contribution in [0.25, 0.3) is 0 Å². The summed E-state index contributed by atoms with van der Waals surface area (Å²) < 4.78 is 0. The van der Waals surface area contributed by atoms with Gasteiger partial charge < -0.3 is 5.73 Å². The van der Waals surface area contributed by atoms with Gasteiger partial charge in [-0.3, -0.25) is 10.2 Å². The number of carbonyl (C=O) groups excluding carboxylic acids is 1. The molecule has 1 amide bonds. The zero-order valence-corrected chi connectivity index (χ0v) is 6.11. The Balaban J connectivity index is 3.31. The van der Waals surface area contributed by atoms with E-state index >= 15 is 0 Å². The van der Waals surface area contributed by atoms with Crippen molar-refractivity contribution in [3.05, 3.63) is 12.2 Å². The van der Waals surface area contributed by atoms with Gasteiger partial charge in [0.25, 0.3) is 5.91 Å². The molecule has 0 saturated carbocycles. The number of amides is 1. The molecule has 0 radical (unpaired) electrons. The Morgan fingerprint density at radius 3 is 2.70 bits per heavy atom. The second-order valence-electron chi connectivity index (χ2n) is 1.95. The van der Waals surface area contributed by atoms with Crippen LogP contribution in [0, 0.1) is 0 Å². The fourth-order valence-electron chi connectivity index (χ4n) is 0.322. The van der Waals surface area contributed by atoms with E-state index in [1.54, 1.807) is 6.92 Å². The fourth-order valence-corrected chi connectivity index (χ4v) is 0.322. The van der Waals surface area contributed by atoms with Crippen molar-refractivity contribution in [3.63, 3.8) is 0 Å². The average Bonchev–Trinajstić information content (AvgIpc) is 1.88. The first-order valence-corrected chi connectivity index (χ1v) is 3.07. The molecule has 0 aliphatic carbocycles. The Morgan fingerprint density at radius 2 is 2.30 bits per heavy atom. The summed E-state index contributed by atoms with van der Waals surface area (Å²) in [7, 11) is 0. The molecule has 0 aromatic heterocycles. The summed E-state index contributed by atoms with van der Waals surface area (Å²) in [6.07, 6.45) is 0. The highest BCUT2D eigenvalue weighted by Crippen LogP contribution is 1.81. The number of carbonyl (C=O) groups is 1. The second-order valence-corrected chi connectivity index (χ2v) is 1.95. The molecule has 0 bridgehead atoms. The number of hydrogen-bond donors (Lipinski definition) is 3. The largest absolute Gasteiger partial charge is 0.329 e. The molecule has 0 fully saturated rings. The van der Waals surface area contributed by atoms with Gasteiger partial charge in [0.2, 0.25) is 0 Å². The van der Waals surface area contributed by atoms with E-state index in [0.717, 1.165) is 0 Å². The van der Waals surface area contributed by atoms with Gasteiger partial charge in [0.05, 0.1) is 0 Å². The zero-order chi connectivity index (χ0) is 7.98. The van der Waals surface area contributed by atoms with E-state index in [1.807, 2.05) is 0 Å². The summed E-state index contributed by atoms with van der Waals surface area (Å²) in [6, 6.07) is 0. The topological polar surface area (TPSA) is 67.2 Å². The van der Waals surface area contributed by atoms with Crippen molar-refractivity contribution in [1.29, 1.82) is 0 Å². The van der Waals surface area contributed by atoms with E-state index < -0.39 is 0 Å². The fraction of sp³-hybridized carbons (Fsp3) is 0.500. The van der Waals surface area contributed by atoms with Crippen LogP contribution in [-0.4, -0.2) is 19.0 Å². The molecule has 0 aromatic rings. The number of nitrogens with one attached hydrogen (secondary N) is 2. The summed E-state index contributed by atoms with van der Waals surface area (Å²) >= 11 is 0. The van der Waals surface area contributed by atoms with Crippen LogP contribution in [0.1, 0.15) is 6.92 Å². The summed E-state index contributed by atoms with van der Waals surface area (Å²) in [5, 5.41) is 0. The van der Waals surface area contributed by atoms with Crippen molar-refractivity contribution in [3.8, 4) is 0 Å². The van der Waals surface area contributed by atoms with Crippen molar-refractivity contribution in [2.24, 2.45) is 5.73 Å². The van der Waals surface area contributed by atoms with Crippen molar-refractivity contribution in [2.45, 2.75) is 6.92 Å². The minimum absolute atomic E-state index is 0.201. The quantitative estimate of drug-likeness (QED) is 0.272. The van der Waals surface area contributed by atoms with Gasteiger partial charge in [0.1, 0.15) is 0 Å². The van der Waals surface area contributed by atoms with Crippen LogP contribution in [0.5, 0.6) is 0 Å². The molecule has 58 valence electrons. The standard InChI is InChI=1S/C6H13N3O/c1-5(2)6(10)9-8-4-3-7/h8H,1,3-4,7H2,2H3,(H,9,10). The van der Waals surface area contributed by atoms with Crippen molar-refractivity contribution >= 4 is 5.91 Å². The lowest BCUT2D eigenvalue weighted by Crippen LogP contribution is -2.40. The number of rotatable bonds is 4. The van der Waals surface area contributed by atoms with Crippen LogP contribution in [-0.2, 0) is 4.79 Å². The molecule has 0 rings (SSSR count). The summed E-state index contributed by atoms with van der Waals surface area (Å²) in [4.78, 5) is 10.7. The molecule has 4 nitrogen and oxygen atoms in total. The van der Waals surface area contributed by atoms with Gasteiger partial charge in [-0.1, -0.05) is 6.58 Å². The zero-order valence-electron chi connectivity index (χ0n) is 6.11. The van der Waals surface area contributed by atoms with Gasteiger partial charge in [-0.15, -0.1) is 0 Å². The smallest absolute Gasteiger partial charge is 0.260 e. The molecule has 0 aliphatic rings. The molecule has 0 atom stereocenters. The van der Waals surface area contributed by atoms with Gasteiger partial charge in [0.15, 0.2) is 0 Å². The van der Waals surface area contributed by atoms with Gasteiger partial charge in [-0.25, -0.2) is 5.43 Å². The van der Waals surface area contributed by atoms with Crippen molar-refractivity contribution in [2.75, 3.05) is 13.1 Å². The molecule has 0 aromatic carbocycles. The summed E-state index contributed by atoms with van der Waals surface area (Å²) in [5.41, 5.74) is 10.7. The summed E-state index contributed by atoms with van der Waals surface area (Å²) in [6.45, 7) is 6.15. The highest BCUT2D eigenvalue weighted by Gasteiger charge is 1.97. The SMILES string of the molecule is C=C(C)C(=O)NNCCN. The molecule has 0 aliphatic heterocycles. The van der Waals surface area contributed by atoms with E-state index in [0.29, 0.717) is 18.7 Å². The Labute approximate surface area is 60.4 Å².